The first-order chi connectivity index (χ1) is 12.4. The van der Waals surface area contributed by atoms with E-state index in [1.807, 2.05) is 6.07 Å². The number of hydrogen-bond donors (Lipinski definition) is 0. The summed E-state index contributed by atoms with van der Waals surface area (Å²) in [5.41, 5.74) is 1.44. The van der Waals surface area contributed by atoms with Crippen LogP contribution in [0.3, 0.4) is 0 Å². The summed E-state index contributed by atoms with van der Waals surface area (Å²) in [4.78, 5) is 15.0. The van der Waals surface area contributed by atoms with E-state index in [1.54, 1.807) is 36.2 Å². The number of halogens is 3. The van der Waals surface area contributed by atoms with Gasteiger partial charge in [-0.2, -0.15) is 0 Å². The average Bonchev–Trinajstić information content (AvgIpc) is 2.98. The van der Waals surface area contributed by atoms with Crippen LogP contribution in [0.4, 0.5) is 4.39 Å². The lowest BCUT2D eigenvalue weighted by atomic mass is 10.1. The molecule has 0 spiro atoms. The van der Waals surface area contributed by atoms with E-state index in [-0.39, 0.29) is 18.3 Å². The first-order valence-corrected chi connectivity index (χ1v) is 9.37. The third-order valence-electron chi connectivity index (χ3n) is 4.00. The van der Waals surface area contributed by atoms with Gasteiger partial charge in [0.25, 0.3) is 5.91 Å². The van der Waals surface area contributed by atoms with Gasteiger partial charge in [0.15, 0.2) is 0 Å². The Hall–Kier alpha value is -1.66. The molecule has 3 nitrogen and oxygen atoms in total. The monoisotopic (exact) mass is 411 g/mol. The number of carbonyl (C=O) groups excluding carboxylic acids is 1. The number of methoxy groups -OCH3 is 1. The van der Waals surface area contributed by atoms with Crippen molar-refractivity contribution in [1.82, 2.24) is 4.90 Å². The fourth-order valence-corrected chi connectivity index (χ4v) is 4.32. The van der Waals surface area contributed by atoms with Crippen molar-refractivity contribution in [3.05, 3.63) is 68.3 Å². The molecule has 2 aromatic carbocycles. The molecule has 0 radical (unpaired) electrons. The van der Waals surface area contributed by atoms with Gasteiger partial charge in [0.1, 0.15) is 5.82 Å². The number of amides is 1. The number of ether oxygens (including phenoxy) is 1. The van der Waals surface area contributed by atoms with Gasteiger partial charge in [0, 0.05) is 36.4 Å². The topological polar surface area (TPSA) is 29.5 Å². The van der Waals surface area contributed by atoms with E-state index in [0.717, 1.165) is 10.3 Å². The molecule has 0 saturated heterocycles. The molecule has 0 unspecified atom stereocenters. The van der Waals surface area contributed by atoms with Gasteiger partial charge in [-0.25, -0.2) is 4.39 Å². The first-order valence-electron chi connectivity index (χ1n) is 7.80. The number of benzene rings is 2. The van der Waals surface area contributed by atoms with Gasteiger partial charge in [-0.05, 0) is 29.8 Å². The minimum absolute atomic E-state index is 0.169. The molecule has 0 N–H and O–H groups in total. The molecule has 1 amide bonds. The van der Waals surface area contributed by atoms with Crippen molar-refractivity contribution >= 4 is 50.5 Å². The number of carbonyl (C=O) groups is 1. The van der Waals surface area contributed by atoms with E-state index in [4.69, 9.17) is 27.9 Å². The predicted molar refractivity (Wildman–Crippen MR) is 105 cm³/mol. The van der Waals surface area contributed by atoms with Crippen LogP contribution in [0, 0.1) is 5.82 Å². The molecular formula is C19H16Cl2FNO2S. The van der Waals surface area contributed by atoms with Crippen molar-refractivity contribution in [2.24, 2.45) is 0 Å². The smallest absolute Gasteiger partial charge is 0.264 e. The third kappa shape index (κ3) is 3.71. The Balaban J connectivity index is 1.94. The molecule has 136 valence electrons. The second-order valence-corrected chi connectivity index (χ2v) is 7.73. The summed E-state index contributed by atoms with van der Waals surface area (Å²) < 4.78 is 20.2. The number of fused-ring (bicyclic) bond motifs is 1. The minimum Gasteiger partial charge on any atom is -0.380 e. The van der Waals surface area contributed by atoms with Crippen LogP contribution in [0.5, 0.6) is 0 Å². The van der Waals surface area contributed by atoms with Crippen molar-refractivity contribution in [2.75, 3.05) is 14.2 Å². The zero-order valence-corrected chi connectivity index (χ0v) is 16.5. The molecule has 0 fully saturated rings. The lowest BCUT2D eigenvalue weighted by Crippen LogP contribution is -2.26. The zero-order chi connectivity index (χ0) is 18.8. The maximum absolute atomic E-state index is 14.3. The van der Waals surface area contributed by atoms with Crippen LogP contribution in [-0.2, 0) is 17.9 Å². The highest BCUT2D eigenvalue weighted by atomic mass is 35.5. The summed E-state index contributed by atoms with van der Waals surface area (Å²) in [7, 11) is 3.22. The molecule has 26 heavy (non-hydrogen) atoms. The number of thiophene rings is 1. The van der Waals surface area contributed by atoms with E-state index in [9.17, 15) is 9.18 Å². The molecule has 1 heterocycles. The van der Waals surface area contributed by atoms with Crippen molar-refractivity contribution in [2.45, 2.75) is 13.2 Å². The van der Waals surface area contributed by atoms with Gasteiger partial charge in [0.2, 0.25) is 0 Å². The van der Waals surface area contributed by atoms with E-state index >= 15 is 0 Å². The Morgan fingerprint density at radius 2 is 2.00 bits per heavy atom. The van der Waals surface area contributed by atoms with Crippen molar-refractivity contribution < 1.29 is 13.9 Å². The number of rotatable bonds is 5. The molecule has 7 heteroatoms. The summed E-state index contributed by atoms with van der Waals surface area (Å²) in [6.45, 7) is 0.529. The molecule has 0 aliphatic heterocycles. The molecule has 0 atom stereocenters. The van der Waals surface area contributed by atoms with E-state index < -0.39 is 0 Å². The molecule has 0 aliphatic carbocycles. The number of nitrogens with zero attached hydrogens (tertiary/aromatic N) is 1. The molecule has 0 aliphatic rings. The van der Waals surface area contributed by atoms with Gasteiger partial charge < -0.3 is 9.64 Å². The largest absolute Gasteiger partial charge is 0.380 e. The minimum atomic E-state index is -0.350. The summed E-state index contributed by atoms with van der Waals surface area (Å²) >= 11 is 13.2. The first kappa shape index (κ1) is 19.1. The second kappa shape index (κ2) is 7.92. The Kier molecular flexibility index (Phi) is 5.82. The van der Waals surface area contributed by atoms with Crippen molar-refractivity contribution in [1.29, 1.82) is 0 Å². The highest BCUT2D eigenvalue weighted by Crippen LogP contribution is 2.34. The van der Waals surface area contributed by atoms with Gasteiger partial charge in [-0.1, -0.05) is 35.3 Å². The maximum atomic E-state index is 14.3. The molecule has 0 bridgehead atoms. The highest BCUT2D eigenvalue weighted by Gasteiger charge is 2.23. The molecule has 0 saturated carbocycles. The van der Waals surface area contributed by atoms with E-state index in [1.165, 1.54) is 24.5 Å². The average molecular weight is 412 g/mol. The maximum Gasteiger partial charge on any atom is 0.264 e. The second-order valence-electron chi connectivity index (χ2n) is 5.87. The van der Waals surface area contributed by atoms with Gasteiger partial charge in [0.05, 0.1) is 21.5 Å². The number of hydrogen-bond acceptors (Lipinski definition) is 3. The molecule has 3 rings (SSSR count). The fraction of sp³-hybridized carbons (Fsp3) is 0.211. The third-order valence-corrected chi connectivity index (χ3v) is 5.92. The highest BCUT2D eigenvalue weighted by molar-refractivity contribution is 7.21. The summed E-state index contributed by atoms with van der Waals surface area (Å²) in [6, 6.07) is 10.1. The van der Waals surface area contributed by atoms with Crippen molar-refractivity contribution in [3.8, 4) is 0 Å². The van der Waals surface area contributed by atoms with Crippen LogP contribution in [0.2, 0.25) is 10.0 Å². The van der Waals surface area contributed by atoms with Crippen LogP contribution in [0.25, 0.3) is 10.1 Å². The Morgan fingerprint density at radius 1 is 1.23 bits per heavy atom. The van der Waals surface area contributed by atoms with Crippen molar-refractivity contribution in [3.63, 3.8) is 0 Å². The summed E-state index contributed by atoms with van der Waals surface area (Å²) in [5, 5.41) is 1.35. The standard InChI is InChI=1S/C19H16Cl2FNO2S/c1-23(9-11-6-7-13(20)14(21)8-11)19(24)18-12(10-25-2)17-15(22)4-3-5-16(17)26-18/h3-8H,9-10H2,1-2H3. The van der Waals surface area contributed by atoms with Gasteiger partial charge >= 0.3 is 0 Å². The van der Waals surface area contributed by atoms with E-state index in [0.29, 0.717) is 32.4 Å². The van der Waals surface area contributed by atoms with Gasteiger partial charge in [-0.15, -0.1) is 11.3 Å². The van der Waals surface area contributed by atoms with Crippen LogP contribution in [-0.4, -0.2) is 25.0 Å². The van der Waals surface area contributed by atoms with Gasteiger partial charge in [-0.3, -0.25) is 4.79 Å². The Bertz CT molecular complexity index is 974. The summed E-state index contributed by atoms with van der Waals surface area (Å²) in [6.07, 6.45) is 0. The molecule has 1 aromatic heterocycles. The lowest BCUT2D eigenvalue weighted by Gasteiger charge is -2.18. The predicted octanol–water partition coefficient (Wildman–Crippen LogP) is 5.77. The van der Waals surface area contributed by atoms with Crippen LogP contribution >= 0.6 is 34.5 Å². The Morgan fingerprint density at radius 3 is 2.69 bits per heavy atom. The normalized spacial score (nSPS) is 11.1. The fourth-order valence-electron chi connectivity index (χ4n) is 2.78. The van der Waals surface area contributed by atoms with Crippen LogP contribution in [0.15, 0.2) is 36.4 Å². The quantitative estimate of drug-likeness (QED) is 0.533. The summed E-state index contributed by atoms with van der Waals surface area (Å²) in [5.74, 6) is -0.541. The van der Waals surface area contributed by atoms with E-state index in [2.05, 4.69) is 0 Å². The molecule has 3 aromatic rings. The zero-order valence-electron chi connectivity index (χ0n) is 14.2. The molecular weight excluding hydrogens is 396 g/mol. The van der Waals surface area contributed by atoms with Crippen LogP contribution < -0.4 is 0 Å². The van der Waals surface area contributed by atoms with Crippen LogP contribution in [0.1, 0.15) is 20.8 Å². The Labute approximate surface area is 164 Å². The lowest BCUT2D eigenvalue weighted by molar-refractivity contribution is 0.0785. The SMILES string of the molecule is COCc1c(C(=O)N(C)Cc2ccc(Cl)c(Cl)c2)sc2cccc(F)c12.